The van der Waals surface area contributed by atoms with Gasteiger partial charge >= 0.3 is 0 Å². The molecule has 11 unspecified atom stereocenters. The fraction of sp³-hybridized carbons (Fsp3) is 0.651. The van der Waals surface area contributed by atoms with E-state index in [9.17, 15) is 43.2 Å². The minimum Gasteiger partial charge on any atom is -0.370 e. The second-order valence-corrected chi connectivity index (χ2v) is 16.8. The third kappa shape index (κ3) is 17.6. The Kier molecular flexibility index (Phi) is 22.8. The van der Waals surface area contributed by atoms with Gasteiger partial charge in [-0.15, -0.1) is 0 Å². The van der Waals surface area contributed by atoms with Crippen LogP contribution in [-0.2, 0) is 56.0 Å². The van der Waals surface area contributed by atoms with Gasteiger partial charge in [0.25, 0.3) is 0 Å². The van der Waals surface area contributed by atoms with E-state index in [4.69, 9.17) is 11.5 Å². The van der Waals surface area contributed by atoms with E-state index in [0.717, 1.165) is 0 Å². The summed E-state index contributed by atoms with van der Waals surface area (Å²) in [6, 6.07) is -8.45. The normalized spacial score (nSPS) is 16.3. The van der Waals surface area contributed by atoms with Crippen LogP contribution in [0.5, 0.6) is 0 Å². The molecule has 0 bridgehead atoms. The summed E-state index contributed by atoms with van der Waals surface area (Å²) in [4.78, 5) is 134. The standard InChI is InChI=1S/C43H71N13O9/c1-10-22(5)33(37(45)59)54-38(60)29(14-15-32(44)58)51-42(64)35(24(7)12-3)55-40(62)31(17-28-19-47-21-49-28)53-43(65)36(25(8)13-4)56-39(61)30(16-27-18-46-20-48-27)52-41(63)34(23(6)11-2)50-26(9)57/h18-25,29-31,33-36H,10-17H2,1-9H3,(H2,44,58)(H2,45,59)(H,46,48)(H,47,49)(H,50,57)(H,51,64)(H,52,63)(H,53,65)(H,54,60)(H,55,62)(H,56,61). The zero-order valence-electron chi connectivity index (χ0n) is 39.0. The highest BCUT2D eigenvalue weighted by Gasteiger charge is 2.37. The van der Waals surface area contributed by atoms with E-state index in [1.807, 2.05) is 20.8 Å². The van der Waals surface area contributed by atoms with Gasteiger partial charge in [0.1, 0.15) is 42.3 Å². The molecule has 2 aromatic heterocycles. The van der Waals surface area contributed by atoms with Crippen LogP contribution in [-0.4, -0.2) is 115 Å². The van der Waals surface area contributed by atoms with E-state index >= 15 is 0 Å². The Morgan fingerprint density at radius 1 is 0.508 bits per heavy atom. The molecule has 0 aromatic carbocycles. The summed E-state index contributed by atoms with van der Waals surface area (Å²) in [7, 11) is 0. The molecule has 0 saturated carbocycles. The van der Waals surface area contributed by atoms with Gasteiger partial charge in [-0.3, -0.25) is 43.2 Å². The molecule has 13 N–H and O–H groups in total. The van der Waals surface area contributed by atoms with Gasteiger partial charge in [-0.2, -0.15) is 0 Å². The summed E-state index contributed by atoms with van der Waals surface area (Å²) < 4.78 is 0. The lowest BCUT2D eigenvalue weighted by Crippen LogP contribution is -2.62. The van der Waals surface area contributed by atoms with Gasteiger partial charge < -0.3 is 58.7 Å². The number of carbonyl (C=O) groups is 9. The molecule has 0 aliphatic carbocycles. The third-order valence-electron chi connectivity index (χ3n) is 11.8. The molecule has 11 atom stereocenters. The van der Waals surface area contributed by atoms with E-state index in [1.165, 1.54) is 32.0 Å². The Labute approximate surface area is 380 Å². The van der Waals surface area contributed by atoms with Crippen LogP contribution in [0.1, 0.15) is 112 Å². The lowest BCUT2D eigenvalue weighted by molar-refractivity contribution is -0.137. The number of primary amides is 2. The summed E-state index contributed by atoms with van der Waals surface area (Å²) in [5.74, 6) is -8.03. The molecule has 2 aromatic rings. The van der Waals surface area contributed by atoms with Crippen molar-refractivity contribution in [3.8, 4) is 0 Å². The number of aromatic amines is 2. The number of rotatable bonds is 29. The molecule has 22 nitrogen and oxygen atoms in total. The first-order valence-electron chi connectivity index (χ1n) is 22.3. The molecule has 2 heterocycles. The van der Waals surface area contributed by atoms with E-state index < -0.39 is 107 Å². The Morgan fingerprint density at radius 3 is 1.17 bits per heavy atom. The minimum atomic E-state index is -1.35. The average molecular weight is 914 g/mol. The fourth-order valence-corrected chi connectivity index (χ4v) is 6.81. The smallest absolute Gasteiger partial charge is 0.243 e. The third-order valence-corrected chi connectivity index (χ3v) is 11.8. The number of hydrogen-bond donors (Lipinski definition) is 11. The van der Waals surface area contributed by atoms with Gasteiger partial charge in [-0.25, -0.2) is 9.97 Å². The molecule has 2 rings (SSSR count). The van der Waals surface area contributed by atoms with Crippen molar-refractivity contribution < 1.29 is 43.2 Å². The maximum atomic E-state index is 14.3. The van der Waals surface area contributed by atoms with Crippen molar-refractivity contribution in [2.75, 3.05) is 0 Å². The molecule has 0 aliphatic heterocycles. The minimum absolute atomic E-state index is 0.0434. The van der Waals surface area contributed by atoms with Crippen LogP contribution in [0.25, 0.3) is 0 Å². The number of carbonyl (C=O) groups excluding carboxylic acids is 9. The highest BCUT2D eigenvalue weighted by molar-refractivity contribution is 5.98. The van der Waals surface area contributed by atoms with Crippen molar-refractivity contribution in [2.45, 2.75) is 156 Å². The van der Waals surface area contributed by atoms with Crippen LogP contribution >= 0.6 is 0 Å². The second-order valence-electron chi connectivity index (χ2n) is 16.8. The quantitative estimate of drug-likeness (QED) is 0.0483. The highest BCUT2D eigenvalue weighted by atomic mass is 16.2. The molecule has 0 fully saturated rings. The number of aromatic nitrogens is 4. The van der Waals surface area contributed by atoms with Gasteiger partial charge in [0.05, 0.1) is 12.7 Å². The summed E-state index contributed by atoms with van der Waals surface area (Å²) in [6.45, 7) is 15.5. The monoisotopic (exact) mass is 914 g/mol. The predicted octanol–water partition coefficient (Wildman–Crippen LogP) is -0.733. The molecule has 362 valence electrons. The number of amides is 9. The van der Waals surface area contributed by atoms with Crippen molar-refractivity contribution in [3.63, 3.8) is 0 Å². The SMILES string of the molecule is CCC(C)C(NC(=O)C(CCC(N)=O)NC(=O)C(NC(=O)C(Cc1cnc[nH]1)NC(=O)C(NC(=O)C(Cc1cnc[nH]1)NC(=O)C(NC(C)=O)C(C)CC)C(C)CC)C(C)CC)C(N)=O. The van der Waals surface area contributed by atoms with Crippen LogP contribution in [0.3, 0.4) is 0 Å². The number of hydrogen-bond acceptors (Lipinski definition) is 11. The van der Waals surface area contributed by atoms with Crippen LogP contribution in [0.15, 0.2) is 25.0 Å². The molecular formula is C43H71N13O9. The molecule has 65 heavy (non-hydrogen) atoms. The Bertz CT molecular complexity index is 1890. The molecular weight excluding hydrogens is 843 g/mol. The second kappa shape index (κ2) is 27.1. The van der Waals surface area contributed by atoms with E-state index in [1.54, 1.807) is 34.6 Å². The van der Waals surface area contributed by atoms with E-state index in [2.05, 4.69) is 57.2 Å². The van der Waals surface area contributed by atoms with E-state index in [0.29, 0.717) is 37.1 Å². The van der Waals surface area contributed by atoms with Crippen LogP contribution < -0.4 is 48.7 Å². The summed E-state index contributed by atoms with van der Waals surface area (Å²) in [6.07, 6.45) is 6.90. The van der Waals surface area contributed by atoms with Gasteiger partial charge in [-0.1, -0.05) is 81.1 Å². The first-order valence-corrected chi connectivity index (χ1v) is 22.3. The van der Waals surface area contributed by atoms with Crippen molar-refractivity contribution in [1.29, 1.82) is 0 Å². The zero-order valence-corrected chi connectivity index (χ0v) is 39.0. The highest BCUT2D eigenvalue weighted by Crippen LogP contribution is 2.15. The molecule has 0 spiro atoms. The number of imidazole rings is 2. The Morgan fingerprint density at radius 2 is 0.846 bits per heavy atom. The maximum absolute atomic E-state index is 14.3. The lowest BCUT2D eigenvalue weighted by atomic mass is 9.95. The van der Waals surface area contributed by atoms with Crippen LogP contribution in [0.2, 0.25) is 0 Å². The molecule has 22 heteroatoms. The average Bonchev–Trinajstić information content (AvgIpc) is 3.99. The van der Waals surface area contributed by atoms with Crippen molar-refractivity contribution in [1.82, 2.24) is 57.2 Å². The topological polar surface area (TPSA) is 347 Å². The largest absolute Gasteiger partial charge is 0.370 e. The van der Waals surface area contributed by atoms with Crippen molar-refractivity contribution >= 4 is 53.2 Å². The Balaban J connectivity index is 2.46. The predicted molar refractivity (Wildman–Crippen MR) is 239 cm³/mol. The summed E-state index contributed by atoms with van der Waals surface area (Å²) in [5, 5.41) is 18.8. The molecule has 9 amide bonds. The number of H-pyrrole nitrogens is 2. The molecule has 0 radical (unpaired) electrons. The van der Waals surface area contributed by atoms with E-state index in [-0.39, 0.29) is 37.5 Å². The molecule has 0 saturated heterocycles. The van der Waals surface area contributed by atoms with Gasteiger partial charge in [0.15, 0.2) is 0 Å². The first-order chi connectivity index (χ1) is 30.7. The molecule has 0 aliphatic rings. The van der Waals surface area contributed by atoms with Gasteiger partial charge in [0.2, 0.25) is 53.2 Å². The zero-order chi connectivity index (χ0) is 49.0. The number of nitrogens with two attached hydrogens (primary N) is 2. The number of nitrogens with zero attached hydrogens (tertiary/aromatic N) is 2. The summed E-state index contributed by atoms with van der Waals surface area (Å²) in [5.41, 5.74) is 11.9. The maximum Gasteiger partial charge on any atom is 0.243 e. The van der Waals surface area contributed by atoms with Crippen molar-refractivity contribution in [2.24, 2.45) is 35.1 Å². The fourth-order valence-electron chi connectivity index (χ4n) is 6.81. The van der Waals surface area contributed by atoms with Gasteiger partial charge in [-0.05, 0) is 30.1 Å². The summed E-state index contributed by atoms with van der Waals surface area (Å²) >= 11 is 0. The number of nitrogens with one attached hydrogen (secondary N) is 9. The van der Waals surface area contributed by atoms with Crippen LogP contribution in [0.4, 0.5) is 0 Å². The lowest BCUT2D eigenvalue weighted by Gasteiger charge is -2.31. The first kappa shape index (κ1) is 54.8. The Hall–Kier alpha value is -6.35. The van der Waals surface area contributed by atoms with Gasteiger partial charge in [0, 0.05) is 50.0 Å². The van der Waals surface area contributed by atoms with Crippen LogP contribution in [0, 0.1) is 23.7 Å². The van der Waals surface area contributed by atoms with Crippen molar-refractivity contribution in [3.05, 3.63) is 36.4 Å².